The fraction of sp³-hybridized carbons (Fsp3) is 0.923. The molecule has 0 bridgehead atoms. The summed E-state index contributed by atoms with van der Waals surface area (Å²) in [6.45, 7) is 9.94. The van der Waals surface area contributed by atoms with Crippen LogP contribution in [0.25, 0.3) is 0 Å². The Kier molecular flexibility index (Phi) is 5.88. The molecular weight excluding hydrogens is 228 g/mol. The second kappa shape index (κ2) is 6.95. The Bertz CT molecular complexity index is 273. The maximum Gasteiger partial charge on any atom is 0.189 e. The minimum absolute atomic E-state index is 0.0288. The van der Waals surface area contributed by atoms with Crippen LogP contribution in [0.2, 0.25) is 0 Å². The lowest BCUT2D eigenvalue weighted by Gasteiger charge is -2.24. The highest BCUT2D eigenvalue weighted by Gasteiger charge is 2.23. The van der Waals surface area contributed by atoms with Crippen molar-refractivity contribution in [3.05, 3.63) is 0 Å². The van der Waals surface area contributed by atoms with Gasteiger partial charge in [0.05, 0.1) is 13.2 Å². The van der Waals surface area contributed by atoms with Crippen LogP contribution < -0.4 is 11.1 Å². The Morgan fingerprint density at radius 2 is 2.22 bits per heavy atom. The van der Waals surface area contributed by atoms with E-state index >= 15 is 0 Å². The van der Waals surface area contributed by atoms with Crippen LogP contribution in [0, 0.1) is 0 Å². The molecular formula is C13H28N4O. The third-order valence-electron chi connectivity index (χ3n) is 3.06. The van der Waals surface area contributed by atoms with Gasteiger partial charge in [0.1, 0.15) is 0 Å². The average Bonchev–Trinajstić information content (AvgIpc) is 2.68. The Balaban J connectivity index is 2.39. The quantitative estimate of drug-likeness (QED) is 0.564. The van der Waals surface area contributed by atoms with E-state index in [1.165, 1.54) is 12.8 Å². The first-order chi connectivity index (χ1) is 8.42. The molecule has 106 valence electrons. The maximum atomic E-state index is 5.88. The molecule has 5 heteroatoms. The minimum atomic E-state index is -0.0288. The Morgan fingerprint density at radius 1 is 1.50 bits per heavy atom. The summed E-state index contributed by atoms with van der Waals surface area (Å²) in [4.78, 5) is 6.89. The number of ether oxygens (including phenoxy) is 1. The van der Waals surface area contributed by atoms with Crippen molar-refractivity contribution in [1.29, 1.82) is 0 Å². The van der Waals surface area contributed by atoms with Gasteiger partial charge in [-0.15, -0.1) is 0 Å². The molecule has 1 atom stereocenters. The van der Waals surface area contributed by atoms with E-state index in [1.54, 1.807) is 7.11 Å². The van der Waals surface area contributed by atoms with E-state index in [1.807, 2.05) is 0 Å². The molecule has 5 nitrogen and oxygen atoms in total. The minimum Gasteiger partial charge on any atom is -0.383 e. The predicted molar refractivity (Wildman–Crippen MR) is 75.8 cm³/mol. The lowest BCUT2D eigenvalue weighted by Crippen LogP contribution is -2.45. The number of hydrogen-bond acceptors (Lipinski definition) is 3. The molecule has 0 aromatic carbocycles. The first-order valence-electron chi connectivity index (χ1n) is 6.73. The molecule has 1 fully saturated rings. The van der Waals surface area contributed by atoms with E-state index in [0.717, 1.165) is 26.2 Å². The summed E-state index contributed by atoms with van der Waals surface area (Å²) in [7, 11) is 1.74. The van der Waals surface area contributed by atoms with Crippen molar-refractivity contribution in [3.8, 4) is 0 Å². The van der Waals surface area contributed by atoms with Gasteiger partial charge in [-0.3, -0.25) is 9.89 Å². The Labute approximate surface area is 111 Å². The summed E-state index contributed by atoms with van der Waals surface area (Å²) in [6, 6.07) is 0.514. The molecule has 1 unspecified atom stereocenters. The molecule has 1 heterocycles. The summed E-state index contributed by atoms with van der Waals surface area (Å²) >= 11 is 0. The van der Waals surface area contributed by atoms with Gasteiger partial charge < -0.3 is 15.8 Å². The molecule has 18 heavy (non-hydrogen) atoms. The first kappa shape index (κ1) is 15.2. The number of aliphatic imine (C=N–C) groups is 1. The van der Waals surface area contributed by atoms with Crippen molar-refractivity contribution in [2.45, 2.75) is 45.2 Å². The topological polar surface area (TPSA) is 62.9 Å². The van der Waals surface area contributed by atoms with Crippen LogP contribution >= 0.6 is 0 Å². The van der Waals surface area contributed by atoms with Crippen LogP contribution in [0.4, 0.5) is 0 Å². The molecule has 1 aliphatic rings. The van der Waals surface area contributed by atoms with Crippen LogP contribution in [0.1, 0.15) is 33.6 Å². The molecule has 0 saturated carbocycles. The van der Waals surface area contributed by atoms with Crippen molar-refractivity contribution < 1.29 is 4.74 Å². The summed E-state index contributed by atoms with van der Waals surface area (Å²) in [6.07, 6.45) is 2.45. The number of nitrogens with zero attached hydrogens (tertiary/aromatic N) is 2. The third-order valence-corrected chi connectivity index (χ3v) is 3.06. The molecule has 0 aliphatic carbocycles. The highest BCUT2D eigenvalue weighted by molar-refractivity contribution is 5.78. The number of nitrogens with one attached hydrogen (secondary N) is 1. The van der Waals surface area contributed by atoms with E-state index in [9.17, 15) is 0 Å². The van der Waals surface area contributed by atoms with Crippen LogP contribution in [-0.2, 0) is 4.74 Å². The van der Waals surface area contributed by atoms with Gasteiger partial charge in [-0.05, 0) is 40.2 Å². The Morgan fingerprint density at radius 3 is 2.83 bits per heavy atom. The van der Waals surface area contributed by atoms with Gasteiger partial charge >= 0.3 is 0 Å². The molecule has 0 aromatic heterocycles. The molecule has 1 aliphatic heterocycles. The van der Waals surface area contributed by atoms with Gasteiger partial charge in [0.25, 0.3) is 0 Å². The van der Waals surface area contributed by atoms with Crippen molar-refractivity contribution in [3.63, 3.8) is 0 Å². The monoisotopic (exact) mass is 256 g/mol. The number of guanidine groups is 1. The SMILES string of the molecule is COCCN1CCCC1CN=C(N)NC(C)(C)C. The van der Waals surface area contributed by atoms with Crippen molar-refractivity contribution in [2.24, 2.45) is 10.7 Å². The molecule has 1 rings (SSSR count). The molecule has 3 N–H and O–H groups in total. The lowest BCUT2D eigenvalue weighted by molar-refractivity contribution is 0.143. The zero-order valence-electron chi connectivity index (χ0n) is 12.2. The zero-order chi connectivity index (χ0) is 13.6. The van der Waals surface area contributed by atoms with Crippen LogP contribution in [0.3, 0.4) is 0 Å². The Hall–Kier alpha value is -0.810. The first-order valence-corrected chi connectivity index (χ1v) is 6.73. The second-order valence-corrected chi connectivity index (χ2v) is 5.93. The number of likely N-dealkylation sites (tertiary alicyclic amines) is 1. The van der Waals surface area contributed by atoms with Crippen LogP contribution in [-0.4, -0.2) is 55.8 Å². The smallest absolute Gasteiger partial charge is 0.189 e. The fourth-order valence-corrected chi connectivity index (χ4v) is 2.23. The van der Waals surface area contributed by atoms with E-state index < -0.39 is 0 Å². The standard InChI is InChI=1S/C13H28N4O/c1-13(2,3)16-12(14)15-10-11-6-5-7-17(11)8-9-18-4/h11H,5-10H2,1-4H3,(H3,14,15,16). The summed E-state index contributed by atoms with van der Waals surface area (Å²) < 4.78 is 5.13. The van der Waals surface area contributed by atoms with Crippen LogP contribution in [0.15, 0.2) is 4.99 Å². The average molecular weight is 256 g/mol. The molecule has 0 radical (unpaired) electrons. The molecule has 0 aromatic rings. The molecule has 0 spiro atoms. The maximum absolute atomic E-state index is 5.88. The van der Waals surface area contributed by atoms with E-state index in [4.69, 9.17) is 10.5 Å². The predicted octanol–water partition coefficient (Wildman–Crippen LogP) is 0.800. The van der Waals surface area contributed by atoms with Crippen molar-refractivity contribution >= 4 is 5.96 Å². The highest BCUT2D eigenvalue weighted by Crippen LogP contribution is 2.16. The van der Waals surface area contributed by atoms with Gasteiger partial charge in [-0.2, -0.15) is 0 Å². The summed E-state index contributed by atoms with van der Waals surface area (Å²) in [5.41, 5.74) is 5.85. The van der Waals surface area contributed by atoms with E-state index in [2.05, 4.69) is 36.0 Å². The van der Waals surface area contributed by atoms with Gasteiger partial charge in [0.15, 0.2) is 5.96 Å². The van der Waals surface area contributed by atoms with Crippen molar-refractivity contribution in [2.75, 3.05) is 33.4 Å². The summed E-state index contributed by atoms with van der Waals surface area (Å²) in [5, 5.41) is 3.19. The summed E-state index contributed by atoms with van der Waals surface area (Å²) in [5.74, 6) is 0.543. The third kappa shape index (κ3) is 5.69. The fourth-order valence-electron chi connectivity index (χ4n) is 2.23. The number of methoxy groups -OCH3 is 1. The number of hydrogen-bond donors (Lipinski definition) is 2. The van der Waals surface area contributed by atoms with Gasteiger partial charge in [-0.25, -0.2) is 0 Å². The second-order valence-electron chi connectivity index (χ2n) is 5.93. The van der Waals surface area contributed by atoms with Gasteiger partial charge in [0.2, 0.25) is 0 Å². The van der Waals surface area contributed by atoms with Gasteiger partial charge in [-0.1, -0.05) is 0 Å². The van der Waals surface area contributed by atoms with E-state index in [0.29, 0.717) is 12.0 Å². The normalized spacial score (nSPS) is 22.4. The zero-order valence-corrected chi connectivity index (χ0v) is 12.2. The van der Waals surface area contributed by atoms with Crippen molar-refractivity contribution in [1.82, 2.24) is 10.2 Å². The lowest BCUT2D eigenvalue weighted by atomic mass is 10.1. The largest absolute Gasteiger partial charge is 0.383 e. The van der Waals surface area contributed by atoms with Gasteiger partial charge in [0, 0.05) is 25.2 Å². The highest BCUT2D eigenvalue weighted by atomic mass is 16.5. The van der Waals surface area contributed by atoms with E-state index in [-0.39, 0.29) is 5.54 Å². The number of rotatable bonds is 5. The van der Waals surface area contributed by atoms with Crippen LogP contribution in [0.5, 0.6) is 0 Å². The molecule has 0 amide bonds. The molecule has 1 saturated heterocycles. The number of nitrogens with two attached hydrogens (primary N) is 1.